The van der Waals surface area contributed by atoms with E-state index in [0.29, 0.717) is 29.1 Å². The van der Waals surface area contributed by atoms with Crippen molar-refractivity contribution in [3.05, 3.63) is 106 Å². The standard InChI is InChI=1S/C32H34ClN3O4/c1-22(2)20-34-30(38)28(19-23-11-4-3-5-12-23)36(21-24-13-6-9-16-27(24)33)29(37)17-10-18-35-31(39)25-14-7-8-15-26(25)32(35)40/h3-9,11-16,22,28H,10,17-21H2,1-2H3,(H,34,38). The van der Waals surface area contributed by atoms with E-state index in [-0.39, 0.29) is 55.5 Å². The van der Waals surface area contributed by atoms with Crippen LogP contribution in [0.1, 0.15) is 58.5 Å². The summed E-state index contributed by atoms with van der Waals surface area (Å²) in [5.41, 5.74) is 2.41. The number of nitrogens with one attached hydrogen (secondary N) is 1. The molecule has 0 radical (unpaired) electrons. The highest BCUT2D eigenvalue weighted by atomic mass is 35.5. The number of fused-ring (bicyclic) bond motifs is 1. The maximum atomic E-state index is 13.8. The Hall–Kier alpha value is -3.97. The number of imide groups is 1. The van der Waals surface area contributed by atoms with E-state index in [1.807, 2.05) is 62.4 Å². The van der Waals surface area contributed by atoms with Gasteiger partial charge in [0.15, 0.2) is 0 Å². The average molecular weight is 560 g/mol. The number of amides is 4. The molecule has 0 saturated carbocycles. The first-order chi connectivity index (χ1) is 19.3. The molecule has 3 aromatic rings. The Labute approximate surface area is 240 Å². The molecular weight excluding hydrogens is 526 g/mol. The van der Waals surface area contributed by atoms with Gasteiger partial charge < -0.3 is 10.2 Å². The summed E-state index contributed by atoms with van der Waals surface area (Å²) in [6.45, 7) is 4.77. The van der Waals surface area contributed by atoms with Crippen molar-refractivity contribution in [1.82, 2.24) is 15.1 Å². The lowest BCUT2D eigenvalue weighted by Gasteiger charge is -2.32. The zero-order valence-electron chi connectivity index (χ0n) is 22.8. The highest BCUT2D eigenvalue weighted by molar-refractivity contribution is 6.31. The maximum absolute atomic E-state index is 13.8. The highest BCUT2D eigenvalue weighted by Crippen LogP contribution is 2.24. The summed E-state index contributed by atoms with van der Waals surface area (Å²) in [6.07, 6.45) is 0.662. The first kappa shape index (κ1) is 29.0. The summed E-state index contributed by atoms with van der Waals surface area (Å²) < 4.78 is 0. The number of benzene rings is 3. The number of carbonyl (C=O) groups excluding carboxylic acids is 4. The van der Waals surface area contributed by atoms with Gasteiger partial charge in [-0.05, 0) is 41.7 Å². The molecule has 1 N–H and O–H groups in total. The molecule has 0 bridgehead atoms. The normalized spacial score (nSPS) is 13.3. The molecule has 0 fully saturated rings. The van der Waals surface area contributed by atoms with Crippen LogP contribution in [0.25, 0.3) is 0 Å². The van der Waals surface area contributed by atoms with Crippen molar-refractivity contribution in [3.63, 3.8) is 0 Å². The minimum absolute atomic E-state index is 0.0562. The largest absolute Gasteiger partial charge is 0.354 e. The third-order valence-corrected chi connectivity index (χ3v) is 7.27. The van der Waals surface area contributed by atoms with Crippen LogP contribution in [0.4, 0.5) is 0 Å². The van der Waals surface area contributed by atoms with Gasteiger partial charge in [-0.15, -0.1) is 0 Å². The Morgan fingerprint density at radius 2 is 1.48 bits per heavy atom. The molecule has 0 aliphatic carbocycles. The average Bonchev–Trinajstić information content (AvgIpc) is 3.20. The summed E-state index contributed by atoms with van der Waals surface area (Å²) in [7, 11) is 0. The molecule has 1 aliphatic rings. The van der Waals surface area contributed by atoms with Crippen molar-refractivity contribution < 1.29 is 19.2 Å². The number of nitrogens with zero attached hydrogens (tertiary/aromatic N) is 2. The van der Waals surface area contributed by atoms with E-state index in [4.69, 9.17) is 11.6 Å². The molecule has 1 aliphatic heterocycles. The summed E-state index contributed by atoms with van der Waals surface area (Å²) in [5, 5.41) is 3.50. The molecule has 0 spiro atoms. The van der Waals surface area contributed by atoms with Crippen LogP contribution in [0, 0.1) is 5.92 Å². The molecule has 0 aromatic heterocycles. The predicted molar refractivity (Wildman–Crippen MR) is 155 cm³/mol. The molecule has 1 unspecified atom stereocenters. The third-order valence-electron chi connectivity index (χ3n) is 6.90. The molecule has 1 heterocycles. The van der Waals surface area contributed by atoms with Gasteiger partial charge in [0.05, 0.1) is 11.1 Å². The zero-order valence-corrected chi connectivity index (χ0v) is 23.6. The monoisotopic (exact) mass is 559 g/mol. The van der Waals surface area contributed by atoms with Crippen LogP contribution >= 0.6 is 11.6 Å². The van der Waals surface area contributed by atoms with Gasteiger partial charge in [0, 0.05) is 37.5 Å². The minimum Gasteiger partial charge on any atom is -0.354 e. The van der Waals surface area contributed by atoms with E-state index < -0.39 is 6.04 Å². The molecule has 8 heteroatoms. The first-order valence-corrected chi connectivity index (χ1v) is 13.9. The summed E-state index contributed by atoms with van der Waals surface area (Å²) >= 11 is 6.47. The second kappa shape index (κ2) is 13.4. The third kappa shape index (κ3) is 6.96. The van der Waals surface area contributed by atoms with Crippen LogP contribution in [0.3, 0.4) is 0 Å². The highest BCUT2D eigenvalue weighted by Gasteiger charge is 2.35. The topological polar surface area (TPSA) is 86.8 Å². The Balaban J connectivity index is 1.55. The van der Waals surface area contributed by atoms with Crippen LogP contribution < -0.4 is 5.32 Å². The van der Waals surface area contributed by atoms with Gasteiger partial charge in [0.2, 0.25) is 11.8 Å². The van der Waals surface area contributed by atoms with Crippen molar-refractivity contribution in [1.29, 1.82) is 0 Å². The molecule has 4 amide bonds. The summed E-state index contributed by atoms with van der Waals surface area (Å²) in [6, 6.07) is 22.8. The SMILES string of the molecule is CC(C)CNC(=O)C(Cc1ccccc1)N(Cc1ccccc1Cl)C(=O)CCCN1C(=O)c2ccccc2C1=O. The zero-order chi connectivity index (χ0) is 28.6. The summed E-state index contributed by atoms with van der Waals surface area (Å²) in [4.78, 5) is 55.6. The maximum Gasteiger partial charge on any atom is 0.261 e. The Bertz CT molecular complexity index is 1340. The van der Waals surface area contributed by atoms with Gasteiger partial charge in [-0.2, -0.15) is 0 Å². The Morgan fingerprint density at radius 1 is 0.875 bits per heavy atom. The predicted octanol–water partition coefficient (Wildman–Crippen LogP) is 5.13. The molecule has 208 valence electrons. The second-order valence-corrected chi connectivity index (χ2v) is 10.8. The Kier molecular flexibility index (Phi) is 9.72. The minimum atomic E-state index is -0.774. The number of hydrogen-bond acceptors (Lipinski definition) is 4. The summed E-state index contributed by atoms with van der Waals surface area (Å²) in [5.74, 6) is -0.948. The lowest BCUT2D eigenvalue weighted by atomic mass is 10.0. The van der Waals surface area contributed by atoms with Gasteiger partial charge in [-0.25, -0.2) is 0 Å². The van der Waals surface area contributed by atoms with Gasteiger partial charge in [-0.1, -0.05) is 86.1 Å². The number of halogens is 1. The van der Waals surface area contributed by atoms with E-state index in [0.717, 1.165) is 11.1 Å². The van der Waals surface area contributed by atoms with Crippen LogP contribution in [-0.4, -0.2) is 52.6 Å². The fourth-order valence-electron chi connectivity index (χ4n) is 4.76. The van der Waals surface area contributed by atoms with E-state index in [1.165, 1.54) is 4.90 Å². The molecule has 0 saturated heterocycles. The van der Waals surface area contributed by atoms with Crippen molar-refractivity contribution in [2.24, 2.45) is 5.92 Å². The van der Waals surface area contributed by atoms with Gasteiger partial charge in [0.1, 0.15) is 6.04 Å². The van der Waals surface area contributed by atoms with Crippen molar-refractivity contribution in [2.75, 3.05) is 13.1 Å². The van der Waals surface area contributed by atoms with E-state index in [1.54, 1.807) is 35.2 Å². The molecule has 7 nitrogen and oxygen atoms in total. The van der Waals surface area contributed by atoms with Crippen LogP contribution in [0.5, 0.6) is 0 Å². The fourth-order valence-corrected chi connectivity index (χ4v) is 4.96. The van der Waals surface area contributed by atoms with E-state index >= 15 is 0 Å². The Morgan fingerprint density at radius 3 is 2.10 bits per heavy atom. The fraction of sp³-hybridized carbons (Fsp3) is 0.312. The molecule has 40 heavy (non-hydrogen) atoms. The lowest BCUT2D eigenvalue weighted by Crippen LogP contribution is -2.51. The van der Waals surface area contributed by atoms with Crippen LogP contribution in [0.15, 0.2) is 78.9 Å². The van der Waals surface area contributed by atoms with E-state index in [2.05, 4.69) is 5.32 Å². The number of carbonyl (C=O) groups is 4. The lowest BCUT2D eigenvalue weighted by molar-refractivity contribution is -0.141. The van der Waals surface area contributed by atoms with Gasteiger partial charge >= 0.3 is 0 Å². The molecule has 4 rings (SSSR count). The molecular formula is C32H34ClN3O4. The second-order valence-electron chi connectivity index (χ2n) is 10.4. The quantitative estimate of drug-likeness (QED) is 0.312. The number of hydrogen-bond donors (Lipinski definition) is 1. The van der Waals surface area contributed by atoms with Crippen LogP contribution in [0.2, 0.25) is 5.02 Å². The molecule has 3 aromatic carbocycles. The molecule has 1 atom stereocenters. The van der Waals surface area contributed by atoms with Crippen LogP contribution in [-0.2, 0) is 22.6 Å². The smallest absolute Gasteiger partial charge is 0.261 e. The van der Waals surface area contributed by atoms with Crippen molar-refractivity contribution >= 4 is 35.2 Å². The van der Waals surface area contributed by atoms with Gasteiger partial charge in [0.25, 0.3) is 11.8 Å². The van der Waals surface area contributed by atoms with Crippen molar-refractivity contribution in [3.8, 4) is 0 Å². The van der Waals surface area contributed by atoms with Crippen molar-refractivity contribution in [2.45, 2.75) is 45.7 Å². The van der Waals surface area contributed by atoms with E-state index in [9.17, 15) is 19.2 Å². The number of rotatable bonds is 12. The first-order valence-electron chi connectivity index (χ1n) is 13.6. The van der Waals surface area contributed by atoms with Gasteiger partial charge in [-0.3, -0.25) is 24.1 Å².